The maximum atomic E-state index is 6.11. The van der Waals surface area contributed by atoms with E-state index in [0.29, 0.717) is 5.02 Å². The summed E-state index contributed by atoms with van der Waals surface area (Å²) in [5, 5.41) is 0.640. The van der Waals surface area contributed by atoms with Crippen molar-refractivity contribution in [2.24, 2.45) is 5.84 Å². The van der Waals surface area contributed by atoms with Gasteiger partial charge in [-0.1, -0.05) is 29.8 Å². The molecule has 0 aliphatic carbocycles. The second kappa shape index (κ2) is 5.93. The summed E-state index contributed by atoms with van der Waals surface area (Å²) in [6, 6.07) is 13.3. The van der Waals surface area contributed by atoms with E-state index in [4.69, 9.17) is 26.9 Å². The first-order chi connectivity index (χ1) is 10.2. The Labute approximate surface area is 128 Å². The molecule has 2 aromatic carbocycles. The van der Waals surface area contributed by atoms with E-state index in [1.807, 2.05) is 30.3 Å². The molecule has 3 N–H and O–H groups in total. The molecule has 2 unspecified atom stereocenters. The van der Waals surface area contributed by atoms with Gasteiger partial charge in [-0.15, -0.1) is 0 Å². The van der Waals surface area contributed by atoms with E-state index in [2.05, 4.69) is 11.5 Å². The fraction of sp³-hybridized carbons (Fsp3) is 0.250. The third-order valence-corrected chi connectivity index (χ3v) is 3.99. The van der Waals surface area contributed by atoms with Gasteiger partial charge in [0.05, 0.1) is 13.2 Å². The number of nitrogens with two attached hydrogens (primary N) is 1. The molecule has 1 aliphatic rings. The van der Waals surface area contributed by atoms with Gasteiger partial charge in [0, 0.05) is 17.0 Å². The number of hydrogen-bond donors (Lipinski definition) is 2. The molecule has 1 aliphatic heterocycles. The number of methoxy groups -OCH3 is 1. The second-order valence-electron chi connectivity index (χ2n) is 5.00. The summed E-state index contributed by atoms with van der Waals surface area (Å²) in [4.78, 5) is 0. The minimum Gasteiger partial charge on any atom is -0.496 e. The highest BCUT2D eigenvalue weighted by molar-refractivity contribution is 6.30. The van der Waals surface area contributed by atoms with Crippen LogP contribution in [0.3, 0.4) is 0 Å². The van der Waals surface area contributed by atoms with E-state index in [1.165, 1.54) is 5.56 Å². The number of halogens is 1. The molecule has 0 saturated heterocycles. The highest BCUT2D eigenvalue weighted by Crippen LogP contribution is 2.37. The second-order valence-corrected chi connectivity index (χ2v) is 5.44. The molecule has 21 heavy (non-hydrogen) atoms. The standard InChI is InChI=1S/C16H17ClN2O2/c1-20-14-7-6-11(17)9-12(14)16(19-18)15-8-10-4-2-3-5-13(10)21-15/h2-7,9,15-16,19H,8,18H2,1H3. The van der Waals surface area contributed by atoms with Crippen molar-refractivity contribution in [2.45, 2.75) is 18.6 Å². The maximum absolute atomic E-state index is 6.11. The molecule has 2 aromatic rings. The Kier molecular flexibility index (Phi) is 4.01. The van der Waals surface area contributed by atoms with Crippen LogP contribution in [-0.2, 0) is 6.42 Å². The van der Waals surface area contributed by atoms with Gasteiger partial charge in [-0.2, -0.15) is 0 Å². The van der Waals surface area contributed by atoms with Crippen LogP contribution in [0.2, 0.25) is 5.02 Å². The van der Waals surface area contributed by atoms with Crippen LogP contribution in [-0.4, -0.2) is 13.2 Å². The zero-order chi connectivity index (χ0) is 14.8. The minimum atomic E-state index is -0.203. The molecule has 1 heterocycles. The number of benzene rings is 2. The van der Waals surface area contributed by atoms with Gasteiger partial charge >= 0.3 is 0 Å². The molecule has 2 atom stereocenters. The van der Waals surface area contributed by atoms with E-state index in [0.717, 1.165) is 23.5 Å². The van der Waals surface area contributed by atoms with Gasteiger partial charge in [0.25, 0.3) is 0 Å². The fourth-order valence-electron chi connectivity index (χ4n) is 2.74. The first-order valence-corrected chi connectivity index (χ1v) is 7.15. The van der Waals surface area contributed by atoms with Crippen LogP contribution in [0.5, 0.6) is 11.5 Å². The van der Waals surface area contributed by atoms with Crippen molar-refractivity contribution in [3.05, 3.63) is 58.6 Å². The Balaban J connectivity index is 1.92. The number of rotatable bonds is 4. The van der Waals surface area contributed by atoms with Crippen LogP contribution in [0.1, 0.15) is 17.2 Å². The Hall–Kier alpha value is -1.75. The molecule has 4 nitrogen and oxygen atoms in total. The third kappa shape index (κ3) is 2.70. The van der Waals surface area contributed by atoms with Crippen LogP contribution < -0.4 is 20.7 Å². The Morgan fingerprint density at radius 1 is 1.33 bits per heavy atom. The van der Waals surface area contributed by atoms with Crippen molar-refractivity contribution in [2.75, 3.05) is 7.11 Å². The minimum absolute atomic E-state index is 0.0974. The van der Waals surface area contributed by atoms with Gasteiger partial charge in [-0.3, -0.25) is 5.84 Å². The van der Waals surface area contributed by atoms with Gasteiger partial charge in [0.15, 0.2) is 0 Å². The highest BCUT2D eigenvalue weighted by Gasteiger charge is 2.32. The Morgan fingerprint density at radius 2 is 2.14 bits per heavy atom. The number of fused-ring (bicyclic) bond motifs is 1. The summed E-state index contributed by atoms with van der Waals surface area (Å²) in [5.74, 6) is 7.41. The van der Waals surface area contributed by atoms with Gasteiger partial charge < -0.3 is 9.47 Å². The van der Waals surface area contributed by atoms with Crippen molar-refractivity contribution >= 4 is 11.6 Å². The molecule has 0 saturated carbocycles. The lowest BCUT2D eigenvalue weighted by Gasteiger charge is -2.24. The van der Waals surface area contributed by atoms with Crippen molar-refractivity contribution in [1.29, 1.82) is 0 Å². The van der Waals surface area contributed by atoms with Crippen molar-refractivity contribution < 1.29 is 9.47 Å². The summed E-state index contributed by atoms with van der Waals surface area (Å²) in [7, 11) is 1.63. The predicted octanol–water partition coefficient (Wildman–Crippen LogP) is 2.86. The number of nitrogens with one attached hydrogen (secondary N) is 1. The van der Waals surface area contributed by atoms with E-state index in [9.17, 15) is 0 Å². The smallest absolute Gasteiger partial charge is 0.124 e. The fourth-order valence-corrected chi connectivity index (χ4v) is 2.92. The van der Waals surface area contributed by atoms with Crippen LogP contribution in [0, 0.1) is 0 Å². The molecule has 0 amide bonds. The number of ether oxygens (including phenoxy) is 2. The highest BCUT2D eigenvalue weighted by atomic mass is 35.5. The number of para-hydroxylation sites is 1. The first kappa shape index (κ1) is 14.2. The van der Waals surface area contributed by atoms with Gasteiger partial charge in [-0.25, -0.2) is 5.43 Å². The number of hydrogen-bond acceptors (Lipinski definition) is 4. The molecular formula is C16H17ClN2O2. The molecule has 5 heteroatoms. The molecule has 0 aromatic heterocycles. The van der Waals surface area contributed by atoms with E-state index in [-0.39, 0.29) is 12.1 Å². The summed E-state index contributed by atoms with van der Waals surface area (Å²) < 4.78 is 11.4. The summed E-state index contributed by atoms with van der Waals surface area (Å²) >= 11 is 6.11. The van der Waals surface area contributed by atoms with Crippen LogP contribution in [0.15, 0.2) is 42.5 Å². The average Bonchev–Trinajstić information content (AvgIpc) is 2.92. The largest absolute Gasteiger partial charge is 0.496 e. The SMILES string of the molecule is COc1ccc(Cl)cc1C(NN)C1Cc2ccccc2O1. The molecule has 0 spiro atoms. The van der Waals surface area contributed by atoms with E-state index < -0.39 is 0 Å². The monoisotopic (exact) mass is 304 g/mol. The number of hydrazine groups is 1. The quantitative estimate of drug-likeness (QED) is 0.673. The van der Waals surface area contributed by atoms with Gasteiger partial charge in [0.1, 0.15) is 17.6 Å². The van der Waals surface area contributed by atoms with E-state index >= 15 is 0 Å². The maximum Gasteiger partial charge on any atom is 0.124 e. The van der Waals surface area contributed by atoms with Crippen molar-refractivity contribution in [3.8, 4) is 11.5 Å². The lowest BCUT2D eigenvalue weighted by atomic mass is 9.97. The lowest BCUT2D eigenvalue weighted by molar-refractivity contribution is 0.177. The van der Waals surface area contributed by atoms with Gasteiger partial charge in [-0.05, 0) is 29.8 Å². The molecular weight excluding hydrogens is 288 g/mol. The molecule has 110 valence electrons. The predicted molar refractivity (Wildman–Crippen MR) is 82.6 cm³/mol. The Morgan fingerprint density at radius 3 is 2.86 bits per heavy atom. The van der Waals surface area contributed by atoms with Crippen LogP contribution >= 0.6 is 11.6 Å². The van der Waals surface area contributed by atoms with Crippen LogP contribution in [0.4, 0.5) is 0 Å². The first-order valence-electron chi connectivity index (χ1n) is 6.77. The van der Waals surface area contributed by atoms with Crippen LogP contribution in [0.25, 0.3) is 0 Å². The Bertz CT molecular complexity index is 623. The van der Waals surface area contributed by atoms with Gasteiger partial charge in [0.2, 0.25) is 0 Å². The van der Waals surface area contributed by atoms with Crippen molar-refractivity contribution in [3.63, 3.8) is 0 Å². The summed E-state index contributed by atoms with van der Waals surface area (Å²) in [6.07, 6.45) is 0.695. The normalized spacial score (nSPS) is 18.0. The molecule has 0 bridgehead atoms. The van der Waals surface area contributed by atoms with E-state index in [1.54, 1.807) is 13.2 Å². The zero-order valence-electron chi connectivity index (χ0n) is 11.7. The lowest BCUT2D eigenvalue weighted by Crippen LogP contribution is -2.39. The topological polar surface area (TPSA) is 56.5 Å². The molecule has 3 rings (SSSR count). The third-order valence-electron chi connectivity index (χ3n) is 3.75. The molecule has 0 fully saturated rings. The summed E-state index contributed by atoms with van der Waals surface area (Å²) in [6.45, 7) is 0. The van der Waals surface area contributed by atoms with Crippen molar-refractivity contribution in [1.82, 2.24) is 5.43 Å². The molecule has 0 radical (unpaired) electrons. The average molecular weight is 305 g/mol. The zero-order valence-corrected chi connectivity index (χ0v) is 12.4. The summed E-state index contributed by atoms with van der Waals surface area (Å²) in [5.41, 5.74) is 4.91.